The summed E-state index contributed by atoms with van der Waals surface area (Å²) >= 11 is 1.39. The van der Waals surface area contributed by atoms with Gasteiger partial charge < -0.3 is 25.3 Å². The molecule has 2 atom stereocenters. The molecule has 3 N–H and O–H groups in total. The van der Waals surface area contributed by atoms with Crippen LogP contribution in [0.3, 0.4) is 0 Å². The van der Waals surface area contributed by atoms with Crippen molar-refractivity contribution in [1.82, 2.24) is 5.32 Å². The second-order valence-corrected chi connectivity index (χ2v) is 7.46. The van der Waals surface area contributed by atoms with Crippen molar-refractivity contribution in [2.45, 2.75) is 19.4 Å². The van der Waals surface area contributed by atoms with Crippen LogP contribution < -0.4 is 15.8 Å². The number of hydrogen-bond donors (Lipinski definition) is 2. The maximum Gasteiger partial charge on any atom is 0.261 e. The Morgan fingerprint density at radius 1 is 1.14 bits per heavy atom. The lowest BCUT2D eigenvalue weighted by atomic mass is 10.0. The Morgan fingerprint density at radius 2 is 1.86 bits per heavy atom. The van der Waals surface area contributed by atoms with E-state index < -0.39 is 5.91 Å². The Balaban J connectivity index is 2.05. The third-order valence-corrected chi connectivity index (χ3v) is 5.32. The van der Waals surface area contributed by atoms with Gasteiger partial charge in [-0.2, -0.15) is 0 Å². The Kier molecular flexibility index (Phi) is 8.43. The highest BCUT2D eigenvalue weighted by atomic mass is 32.1. The van der Waals surface area contributed by atoms with Crippen LogP contribution in [-0.4, -0.2) is 45.5 Å². The van der Waals surface area contributed by atoms with Crippen LogP contribution in [0.25, 0.3) is 10.4 Å². The molecule has 1 aromatic heterocycles. The van der Waals surface area contributed by atoms with E-state index in [2.05, 4.69) is 5.32 Å². The van der Waals surface area contributed by atoms with Gasteiger partial charge in [0, 0.05) is 17.9 Å². The van der Waals surface area contributed by atoms with Crippen LogP contribution in [0.2, 0.25) is 0 Å². The minimum atomic E-state index is -0.413. The van der Waals surface area contributed by atoms with Gasteiger partial charge in [0.25, 0.3) is 5.91 Å². The molecule has 2 rings (SSSR count). The maximum absolute atomic E-state index is 12.7. The summed E-state index contributed by atoms with van der Waals surface area (Å²) in [7, 11) is 3.14. The lowest BCUT2D eigenvalue weighted by Crippen LogP contribution is -2.41. The van der Waals surface area contributed by atoms with Gasteiger partial charge in [0.15, 0.2) is 0 Å². The molecule has 1 heterocycles. The monoisotopic (exact) mass is 406 g/mol. The lowest BCUT2D eigenvalue weighted by Gasteiger charge is -2.20. The van der Waals surface area contributed by atoms with E-state index in [1.54, 1.807) is 20.1 Å². The highest BCUT2D eigenvalue weighted by Crippen LogP contribution is 2.29. The first-order valence-corrected chi connectivity index (χ1v) is 9.67. The van der Waals surface area contributed by atoms with Crippen LogP contribution in [-0.2, 0) is 14.3 Å². The number of hydrogen-bond acceptors (Lipinski definition) is 6. The first kappa shape index (κ1) is 21.9. The number of benzene rings is 1. The summed E-state index contributed by atoms with van der Waals surface area (Å²) in [5.74, 6) is -0.230. The molecule has 7 nitrogen and oxygen atoms in total. The van der Waals surface area contributed by atoms with E-state index in [0.29, 0.717) is 11.3 Å². The number of carbonyl (C=O) groups is 2. The largest absolute Gasteiger partial charge is 0.497 e. The van der Waals surface area contributed by atoms with E-state index in [0.717, 1.165) is 16.2 Å². The number of methoxy groups -OCH3 is 2. The summed E-state index contributed by atoms with van der Waals surface area (Å²) in [5.41, 5.74) is 6.35. The highest BCUT2D eigenvalue weighted by molar-refractivity contribution is 7.17. The molecule has 0 spiro atoms. The van der Waals surface area contributed by atoms with Gasteiger partial charge in [-0.3, -0.25) is 9.59 Å². The van der Waals surface area contributed by atoms with Gasteiger partial charge in [-0.15, -0.1) is 11.3 Å². The van der Waals surface area contributed by atoms with E-state index >= 15 is 0 Å². The van der Waals surface area contributed by atoms with Crippen molar-refractivity contribution >= 4 is 23.2 Å². The van der Waals surface area contributed by atoms with Crippen LogP contribution in [0.5, 0.6) is 5.75 Å². The van der Waals surface area contributed by atoms with Gasteiger partial charge in [-0.25, -0.2) is 0 Å². The maximum atomic E-state index is 12.7. The van der Waals surface area contributed by atoms with Crippen LogP contribution in [0.1, 0.15) is 23.0 Å². The standard InChI is InChI=1S/C20H26N2O5S/c1-13(19(21)23)10-15(11-27-12-25-2)22-20(24)18-9-8-17(28-18)14-4-6-16(26-3)7-5-14/h4-9,13,15H,10-12H2,1-3H3,(H2,21,23)(H,22,24)/t13-,15-/m0/s1. The average molecular weight is 407 g/mol. The molecule has 0 unspecified atom stereocenters. The van der Waals surface area contributed by atoms with E-state index in [9.17, 15) is 9.59 Å². The predicted molar refractivity (Wildman–Crippen MR) is 108 cm³/mol. The summed E-state index contributed by atoms with van der Waals surface area (Å²) in [6, 6.07) is 11.0. The Labute approximate surface area is 168 Å². The summed E-state index contributed by atoms with van der Waals surface area (Å²) < 4.78 is 15.4. The molecule has 0 bridgehead atoms. The van der Waals surface area contributed by atoms with Crippen molar-refractivity contribution in [1.29, 1.82) is 0 Å². The van der Waals surface area contributed by atoms with Crippen molar-refractivity contribution in [3.63, 3.8) is 0 Å². The van der Waals surface area contributed by atoms with E-state index in [1.807, 2.05) is 30.3 Å². The molecule has 2 amide bonds. The average Bonchev–Trinajstić information content (AvgIpc) is 3.18. The van der Waals surface area contributed by atoms with Crippen LogP contribution in [0.4, 0.5) is 0 Å². The van der Waals surface area contributed by atoms with Crippen LogP contribution in [0, 0.1) is 5.92 Å². The van der Waals surface area contributed by atoms with Gasteiger partial charge in [0.05, 0.1) is 24.6 Å². The highest BCUT2D eigenvalue weighted by Gasteiger charge is 2.21. The van der Waals surface area contributed by atoms with Crippen molar-refractivity contribution in [2.75, 3.05) is 27.6 Å². The van der Waals surface area contributed by atoms with Crippen molar-refractivity contribution < 1.29 is 23.8 Å². The third-order valence-electron chi connectivity index (χ3n) is 4.18. The van der Waals surface area contributed by atoms with Gasteiger partial charge in [0.1, 0.15) is 12.5 Å². The van der Waals surface area contributed by atoms with Crippen LogP contribution >= 0.6 is 11.3 Å². The number of primary amides is 1. The molecule has 0 radical (unpaired) electrons. The first-order chi connectivity index (χ1) is 13.4. The normalized spacial score (nSPS) is 13.0. The fourth-order valence-corrected chi connectivity index (χ4v) is 3.53. The molecular weight excluding hydrogens is 380 g/mol. The molecular formula is C20H26N2O5S. The first-order valence-electron chi connectivity index (χ1n) is 8.85. The minimum Gasteiger partial charge on any atom is -0.497 e. The molecule has 1 aromatic carbocycles. The number of carbonyl (C=O) groups excluding carboxylic acids is 2. The third kappa shape index (κ3) is 6.33. The van der Waals surface area contributed by atoms with Crippen LogP contribution in [0.15, 0.2) is 36.4 Å². The van der Waals surface area contributed by atoms with E-state index in [-0.39, 0.29) is 31.3 Å². The quantitative estimate of drug-likeness (QED) is 0.441. The zero-order chi connectivity index (χ0) is 20.5. The van der Waals surface area contributed by atoms with Gasteiger partial charge in [-0.1, -0.05) is 6.92 Å². The molecule has 28 heavy (non-hydrogen) atoms. The second-order valence-electron chi connectivity index (χ2n) is 6.38. The number of ether oxygens (including phenoxy) is 3. The number of amides is 2. The SMILES string of the molecule is COCOC[C@H](C[C@H](C)C(N)=O)NC(=O)c1ccc(-c2ccc(OC)cc2)s1. The van der Waals surface area contributed by atoms with Gasteiger partial charge >= 0.3 is 0 Å². The number of thiophene rings is 1. The molecule has 0 aliphatic rings. The number of nitrogens with one attached hydrogen (secondary N) is 1. The molecule has 0 saturated heterocycles. The smallest absolute Gasteiger partial charge is 0.261 e. The predicted octanol–water partition coefficient (Wildman–Crippen LogP) is 2.65. The van der Waals surface area contributed by atoms with Crippen molar-refractivity contribution in [3.05, 3.63) is 41.3 Å². The summed E-state index contributed by atoms with van der Waals surface area (Å²) in [6.07, 6.45) is 0.390. The molecule has 152 valence electrons. The molecule has 0 aliphatic heterocycles. The van der Waals surface area contributed by atoms with Crippen molar-refractivity contribution in [3.8, 4) is 16.2 Å². The molecule has 0 fully saturated rings. The fourth-order valence-electron chi connectivity index (χ4n) is 2.61. The summed E-state index contributed by atoms with van der Waals surface area (Å²) in [4.78, 5) is 25.6. The zero-order valence-electron chi connectivity index (χ0n) is 16.3. The Morgan fingerprint density at radius 3 is 2.46 bits per heavy atom. The van der Waals surface area contributed by atoms with E-state index in [1.165, 1.54) is 18.4 Å². The number of nitrogens with two attached hydrogens (primary N) is 1. The Bertz CT molecular complexity index is 775. The fraction of sp³-hybridized carbons (Fsp3) is 0.400. The molecule has 2 aromatic rings. The second kappa shape index (κ2) is 10.8. The topological polar surface area (TPSA) is 99.9 Å². The Hall–Kier alpha value is -2.42. The minimum absolute atomic E-state index is 0.109. The zero-order valence-corrected chi connectivity index (χ0v) is 17.1. The lowest BCUT2D eigenvalue weighted by molar-refractivity contribution is -0.121. The van der Waals surface area contributed by atoms with Gasteiger partial charge in [-0.05, 0) is 48.4 Å². The van der Waals surface area contributed by atoms with Gasteiger partial charge in [0.2, 0.25) is 5.91 Å². The molecule has 8 heteroatoms. The molecule has 0 aliphatic carbocycles. The number of rotatable bonds is 11. The molecule has 0 saturated carbocycles. The summed E-state index contributed by atoms with van der Waals surface area (Å²) in [5, 5.41) is 2.92. The summed E-state index contributed by atoms with van der Waals surface area (Å²) in [6.45, 7) is 2.07. The van der Waals surface area contributed by atoms with Crippen molar-refractivity contribution in [2.24, 2.45) is 11.7 Å². The van der Waals surface area contributed by atoms with E-state index in [4.69, 9.17) is 19.9 Å².